The minimum atomic E-state index is 0.0764. The fourth-order valence-corrected chi connectivity index (χ4v) is 2.61. The normalized spacial score (nSPS) is 20.8. The molecule has 0 saturated carbocycles. The van der Waals surface area contributed by atoms with Crippen LogP contribution in [0.2, 0.25) is 0 Å². The zero-order chi connectivity index (χ0) is 10.8. The summed E-state index contributed by atoms with van der Waals surface area (Å²) in [5.74, 6) is 0.594. The van der Waals surface area contributed by atoms with Gasteiger partial charge in [0.25, 0.3) is 5.56 Å². The molecular formula is C11H15BrN2O. The van der Waals surface area contributed by atoms with Crippen LogP contribution in [0, 0.1) is 12.8 Å². The van der Waals surface area contributed by atoms with Crippen LogP contribution in [-0.4, -0.2) is 17.7 Å². The van der Waals surface area contributed by atoms with Crippen molar-refractivity contribution in [3.8, 4) is 0 Å². The molecule has 1 aliphatic heterocycles. The summed E-state index contributed by atoms with van der Waals surface area (Å²) in [6.07, 6.45) is 3.10. The van der Waals surface area contributed by atoms with Crippen molar-refractivity contribution in [1.29, 1.82) is 0 Å². The van der Waals surface area contributed by atoms with Crippen LogP contribution in [0.25, 0.3) is 0 Å². The van der Waals surface area contributed by atoms with Crippen molar-refractivity contribution in [3.05, 3.63) is 32.7 Å². The molecule has 1 aromatic rings. The second-order valence-electron chi connectivity index (χ2n) is 4.18. The van der Waals surface area contributed by atoms with E-state index in [0.29, 0.717) is 10.4 Å². The molecule has 0 amide bonds. The number of nitrogens with one attached hydrogen (secondary N) is 1. The molecule has 1 aliphatic rings. The molecule has 1 aromatic heterocycles. The van der Waals surface area contributed by atoms with Crippen molar-refractivity contribution in [3.63, 3.8) is 0 Å². The van der Waals surface area contributed by atoms with Crippen molar-refractivity contribution in [2.24, 2.45) is 5.92 Å². The highest BCUT2D eigenvalue weighted by atomic mass is 79.9. The van der Waals surface area contributed by atoms with Gasteiger partial charge in [0.15, 0.2) is 0 Å². The average Bonchev–Trinajstić information content (AvgIpc) is 2.66. The summed E-state index contributed by atoms with van der Waals surface area (Å²) < 4.78 is 2.48. The van der Waals surface area contributed by atoms with E-state index in [1.165, 1.54) is 0 Å². The molecule has 2 rings (SSSR count). The number of pyridine rings is 1. The van der Waals surface area contributed by atoms with Crippen LogP contribution in [0.15, 0.2) is 21.5 Å². The maximum atomic E-state index is 11.8. The van der Waals surface area contributed by atoms with E-state index in [-0.39, 0.29) is 5.56 Å². The van der Waals surface area contributed by atoms with E-state index < -0.39 is 0 Å². The summed E-state index contributed by atoms with van der Waals surface area (Å²) in [6.45, 7) is 4.93. The minimum absolute atomic E-state index is 0.0764. The van der Waals surface area contributed by atoms with Gasteiger partial charge in [-0.05, 0) is 59.9 Å². The van der Waals surface area contributed by atoms with Gasteiger partial charge in [-0.15, -0.1) is 0 Å². The number of nitrogens with zero attached hydrogens (tertiary/aromatic N) is 1. The third kappa shape index (κ3) is 2.49. The van der Waals surface area contributed by atoms with Gasteiger partial charge in [-0.25, -0.2) is 0 Å². The predicted octanol–water partition coefficient (Wildman–Crippen LogP) is 1.53. The van der Waals surface area contributed by atoms with Crippen molar-refractivity contribution in [2.45, 2.75) is 19.9 Å². The summed E-state index contributed by atoms with van der Waals surface area (Å²) in [7, 11) is 0. The second kappa shape index (κ2) is 4.49. The lowest BCUT2D eigenvalue weighted by molar-refractivity contribution is 0.470. The summed E-state index contributed by atoms with van der Waals surface area (Å²) in [6, 6.07) is 1.87. The van der Waals surface area contributed by atoms with E-state index in [4.69, 9.17) is 0 Å². The average molecular weight is 271 g/mol. The zero-order valence-electron chi connectivity index (χ0n) is 8.79. The van der Waals surface area contributed by atoms with Gasteiger partial charge in [-0.2, -0.15) is 0 Å². The maximum Gasteiger partial charge on any atom is 0.264 e. The van der Waals surface area contributed by atoms with Crippen LogP contribution in [-0.2, 0) is 6.54 Å². The van der Waals surface area contributed by atoms with Gasteiger partial charge in [0, 0.05) is 12.7 Å². The molecule has 15 heavy (non-hydrogen) atoms. The number of hydrogen-bond acceptors (Lipinski definition) is 2. The Hall–Kier alpha value is -0.610. The summed E-state index contributed by atoms with van der Waals surface area (Å²) in [5.41, 5.74) is 1.19. The Morgan fingerprint density at radius 3 is 3.13 bits per heavy atom. The number of rotatable bonds is 2. The lowest BCUT2D eigenvalue weighted by atomic mass is 10.1. The van der Waals surface area contributed by atoms with E-state index >= 15 is 0 Å². The Kier molecular flexibility index (Phi) is 3.26. The number of hydrogen-bond donors (Lipinski definition) is 1. The third-order valence-electron chi connectivity index (χ3n) is 2.80. The second-order valence-corrected chi connectivity index (χ2v) is 5.04. The van der Waals surface area contributed by atoms with Crippen LogP contribution in [0.3, 0.4) is 0 Å². The third-order valence-corrected chi connectivity index (χ3v) is 3.36. The van der Waals surface area contributed by atoms with Gasteiger partial charge < -0.3 is 9.88 Å². The van der Waals surface area contributed by atoms with Crippen LogP contribution in [0.5, 0.6) is 0 Å². The summed E-state index contributed by atoms with van der Waals surface area (Å²) in [5, 5.41) is 3.31. The van der Waals surface area contributed by atoms with Crippen LogP contribution in [0.4, 0.5) is 0 Å². The first kappa shape index (κ1) is 10.9. The van der Waals surface area contributed by atoms with Gasteiger partial charge >= 0.3 is 0 Å². The topological polar surface area (TPSA) is 34.0 Å². The van der Waals surface area contributed by atoms with Gasteiger partial charge in [-0.3, -0.25) is 4.79 Å². The van der Waals surface area contributed by atoms with Gasteiger partial charge in [0.05, 0.1) is 4.47 Å². The molecule has 0 aliphatic carbocycles. The standard InChI is InChI=1S/C11H15BrN2O/c1-8-4-10(12)11(15)14(6-8)7-9-2-3-13-5-9/h4,6,9,13H,2-3,5,7H2,1H3. The Morgan fingerprint density at radius 1 is 1.67 bits per heavy atom. The van der Waals surface area contributed by atoms with E-state index in [1.807, 2.05) is 23.8 Å². The SMILES string of the molecule is Cc1cc(Br)c(=O)n(CC2CCNC2)c1. The molecule has 1 N–H and O–H groups in total. The molecule has 0 bridgehead atoms. The first-order valence-electron chi connectivity index (χ1n) is 5.24. The molecule has 1 saturated heterocycles. The number of aryl methyl sites for hydroxylation is 1. The lowest BCUT2D eigenvalue weighted by Gasteiger charge is -2.12. The lowest BCUT2D eigenvalue weighted by Crippen LogP contribution is -2.25. The smallest absolute Gasteiger partial charge is 0.264 e. The molecule has 2 heterocycles. The number of halogens is 1. The monoisotopic (exact) mass is 270 g/mol. The molecule has 82 valence electrons. The van der Waals surface area contributed by atoms with Gasteiger partial charge in [0.1, 0.15) is 0 Å². The molecule has 0 radical (unpaired) electrons. The van der Waals surface area contributed by atoms with Crippen molar-refractivity contribution in [2.75, 3.05) is 13.1 Å². The molecule has 4 heteroatoms. The van der Waals surface area contributed by atoms with Crippen molar-refractivity contribution < 1.29 is 0 Å². The molecule has 0 aromatic carbocycles. The molecule has 0 spiro atoms. The van der Waals surface area contributed by atoms with Crippen LogP contribution >= 0.6 is 15.9 Å². The van der Waals surface area contributed by atoms with Crippen molar-refractivity contribution in [1.82, 2.24) is 9.88 Å². The zero-order valence-corrected chi connectivity index (χ0v) is 10.4. The molecular weight excluding hydrogens is 256 g/mol. The predicted molar refractivity (Wildman–Crippen MR) is 64.1 cm³/mol. The Morgan fingerprint density at radius 2 is 2.47 bits per heavy atom. The molecule has 3 nitrogen and oxygen atoms in total. The summed E-state index contributed by atoms with van der Waals surface area (Å²) >= 11 is 3.30. The highest BCUT2D eigenvalue weighted by Crippen LogP contribution is 2.11. The minimum Gasteiger partial charge on any atom is -0.316 e. The Balaban J connectivity index is 2.23. The molecule has 1 atom stereocenters. The maximum absolute atomic E-state index is 11.8. The van der Waals surface area contributed by atoms with Crippen molar-refractivity contribution >= 4 is 15.9 Å². The first-order valence-corrected chi connectivity index (χ1v) is 6.03. The number of aromatic nitrogens is 1. The Labute approximate surface area is 97.6 Å². The Bertz CT molecular complexity index is 408. The molecule has 1 unspecified atom stereocenters. The van der Waals surface area contributed by atoms with E-state index in [2.05, 4.69) is 21.2 Å². The van der Waals surface area contributed by atoms with E-state index in [0.717, 1.165) is 31.6 Å². The first-order chi connectivity index (χ1) is 7.16. The van der Waals surface area contributed by atoms with Gasteiger partial charge in [-0.1, -0.05) is 0 Å². The fraction of sp³-hybridized carbons (Fsp3) is 0.545. The van der Waals surface area contributed by atoms with E-state index in [1.54, 1.807) is 0 Å². The quantitative estimate of drug-likeness (QED) is 0.885. The van der Waals surface area contributed by atoms with Gasteiger partial charge in [0.2, 0.25) is 0 Å². The highest BCUT2D eigenvalue weighted by molar-refractivity contribution is 9.10. The van der Waals surface area contributed by atoms with Crippen LogP contribution < -0.4 is 10.9 Å². The van der Waals surface area contributed by atoms with E-state index in [9.17, 15) is 4.79 Å². The molecule has 1 fully saturated rings. The van der Waals surface area contributed by atoms with Crippen LogP contribution in [0.1, 0.15) is 12.0 Å². The fourth-order valence-electron chi connectivity index (χ4n) is 2.02. The summed E-state index contributed by atoms with van der Waals surface area (Å²) in [4.78, 5) is 11.8. The largest absolute Gasteiger partial charge is 0.316 e. The highest BCUT2D eigenvalue weighted by Gasteiger charge is 2.15.